The van der Waals surface area contributed by atoms with E-state index in [1.54, 1.807) is 0 Å². The zero-order valence-corrected chi connectivity index (χ0v) is 16.0. The number of carboxylic acid groups (broad SMARTS) is 1. The Morgan fingerprint density at radius 3 is 2.30 bits per heavy atom. The Kier molecular flexibility index (Phi) is 6.29. The number of nitrogens with zero attached hydrogens (tertiary/aromatic N) is 1. The summed E-state index contributed by atoms with van der Waals surface area (Å²) in [6, 6.07) is 9.54. The van der Waals surface area contributed by atoms with Crippen LogP contribution >= 0.6 is 11.6 Å². The van der Waals surface area contributed by atoms with Crippen LogP contribution in [0.15, 0.2) is 47.4 Å². The number of halogens is 1. The number of nitrogens with one attached hydrogen (secondary N) is 1. The maximum atomic E-state index is 13.0. The Balaban J connectivity index is 2.46. The molecule has 0 unspecified atom stereocenters. The van der Waals surface area contributed by atoms with Gasteiger partial charge in [0.1, 0.15) is 12.3 Å². The summed E-state index contributed by atoms with van der Waals surface area (Å²) in [7, 11) is -2.78. The van der Waals surface area contributed by atoms with Gasteiger partial charge in [-0.05, 0) is 42.5 Å². The predicted octanol–water partition coefficient (Wildman–Crippen LogP) is 2.59. The third-order valence-corrected chi connectivity index (χ3v) is 5.55. The van der Waals surface area contributed by atoms with Gasteiger partial charge in [-0.15, -0.1) is 0 Å². The summed E-state index contributed by atoms with van der Waals surface area (Å²) in [5.41, 5.74) is 0.493. The van der Waals surface area contributed by atoms with Crippen molar-refractivity contribution in [1.29, 1.82) is 0 Å². The summed E-state index contributed by atoms with van der Waals surface area (Å²) in [6.07, 6.45) is 0. The van der Waals surface area contributed by atoms with Crippen molar-refractivity contribution in [2.45, 2.75) is 11.8 Å². The Morgan fingerprint density at radius 1 is 1.19 bits per heavy atom. The van der Waals surface area contributed by atoms with Gasteiger partial charge in [0.05, 0.1) is 22.7 Å². The van der Waals surface area contributed by atoms with Crippen molar-refractivity contribution in [3.63, 3.8) is 0 Å². The molecule has 0 aliphatic rings. The lowest BCUT2D eigenvalue weighted by Gasteiger charge is -2.23. The van der Waals surface area contributed by atoms with E-state index in [0.717, 1.165) is 4.31 Å². The molecule has 0 bridgehead atoms. The Hall–Kier alpha value is -2.78. The fourth-order valence-electron chi connectivity index (χ4n) is 2.29. The number of carboxylic acids is 1. The molecule has 0 atom stereocenters. The van der Waals surface area contributed by atoms with Crippen molar-refractivity contribution in [2.24, 2.45) is 0 Å². The maximum absolute atomic E-state index is 13.0. The molecule has 2 aromatic carbocycles. The monoisotopic (exact) mass is 412 g/mol. The van der Waals surface area contributed by atoms with E-state index in [1.807, 2.05) is 0 Å². The summed E-state index contributed by atoms with van der Waals surface area (Å²) in [5, 5.41) is 11.8. The van der Waals surface area contributed by atoms with Crippen LogP contribution in [-0.4, -0.2) is 39.1 Å². The van der Waals surface area contributed by atoms with E-state index in [-0.39, 0.29) is 21.5 Å². The summed E-state index contributed by atoms with van der Waals surface area (Å²) in [6.45, 7) is 0.533. The van der Waals surface area contributed by atoms with Gasteiger partial charge in [0.25, 0.3) is 10.0 Å². The third-order valence-electron chi connectivity index (χ3n) is 3.46. The Labute approximate surface area is 161 Å². The zero-order chi connectivity index (χ0) is 20.2. The van der Waals surface area contributed by atoms with Crippen molar-refractivity contribution >= 4 is 44.9 Å². The highest BCUT2D eigenvalue weighted by molar-refractivity contribution is 7.92. The molecule has 0 heterocycles. The van der Waals surface area contributed by atoms with Crippen LogP contribution in [0.3, 0.4) is 0 Å². The molecule has 8 nitrogen and oxygen atoms in total. The van der Waals surface area contributed by atoms with Crippen LogP contribution in [0, 0.1) is 0 Å². The van der Waals surface area contributed by atoms with Crippen molar-refractivity contribution < 1.29 is 27.9 Å². The molecule has 0 fully saturated rings. The van der Waals surface area contributed by atoms with E-state index in [0.29, 0.717) is 11.4 Å². The first-order valence-corrected chi connectivity index (χ1v) is 9.42. The van der Waals surface area contributed by atoms with Crippen LogP contribution in [0.1, 0.15) is 6.92 Å². The van der Waals surface area contributed by atoms with Gasteiger partial charge in [-0.3, -0.25) is 13.9 Å². The van der Waals surface area contributed by atoms with Crippen molar-refractivity contribution in [3.05, 3.63) is 47.5 Å². The molecular weight excluding hydrogens is 396 g/mol. The second-order valence-electron chi connectivity index (χ2n) is 5.43. The number of hydrogen-bond acceptors (Lipinski definition) is 5. The SMILES string of the molecule is COc1ccc(N(CC(=O)O)S(=O)(=O)c2ccc(NC(C)=O)cc2)cc1Cl. The van der Waals surface area contributed by atoms with Gasteiger partial charge in [0.2, 0.25) is 5.91 Å². The van der Waals surface area contributed by atoms with Crippen molar-refractivity contribution in [2.75, 3.05) is 23.3 Å². The molecule has 2 rings (SSSR count). The molecule has 144 valence electrons. The number of carbonyl (C=O) groups excluding carboxylic acids is 1. The molecule has 0 aromatic heterocycles. The first-order chi connectivity index (χ1) is 12.6. The number of aliphatic carboxylic acids is 1. The lowest BCUT2D eigenvalue weighted by Crippen LogP contribution is -2.35. The van der Waals surface area contributed by atoms with Crippen LogP contribution in [0.4, 0.5) is 11.4 Å². The summed E-state index contributed by atoms with van der Waals surface area (Å²) in [4.78, 5) is 22.2. The van der Waals surface area contributed by atoms with E-state index >= 15 is 0 Å². The standard InChI is InChI=1S/C17H17ClN2O6S/c1-11(21)19-12-3-6-14(7-4-12)27(24,25)20(10-17(22)23)13-5-8-16(26-2)15(18)9-13/h3-9H,10H2,1-2H3,(H,19,21)(H,22,23). The van der Waals surface area contributed by atoms with Gasteiger partial charge in [-0.1, -0.05) is 11.6 Å². The number of methoxy groups -OCH3 is 1. The molecule has 27 heavy (non-hydrogen) atoms. The largest absolute Gasteiger partial charge is 0.495 e. The molecule has 0 aliphatic carbocycles. The molecule has 1 amide bonds. The molecule has 0 radical (unpaired) electrons. The smallest absolute Gasteiger partial charge is 0.324 e. The summed E-state index contributed by atoms with van der Waals surface area (Å²) < 4.78 is 31.7. The van der Waals surface area contributed by atoms with Gasteiger partial charge < -0.3 is 15.2 Å². The van der Waals surface area contributed by atoms with Gasteiger partial charge in [-0.2, -0.15) is 0 Å². The number of benzene rings is 2. The lowest BCUT2D eigenvalue weighted by atomic mass is 10.3. The molecular formula is C17H17ClN2O6S. The molecule has 2 aromatic rings. The van der Waals surface area contributed by atoms with Gasteiger partial charge in [0.15, 0.2) is 0 Å². The first kappa shape index (κ1) is 20.5. The summed E-state index contributed by atoms with van der Waals surface area (Å²) in [5.74, 6) is -1.31. The zero-order valence-electron chi connectivity index (χ0n) is 14.5. The van der Waals surface area contributed by atoms with E-state index in [2.05, 4.69) is 5.32 Å². The van der Waals surface area contributed by atoms with Crippen LogP contribution in [0.25, 0.3) is 0 Å². The van der Waals surface area contributed by atoms with Crippen LogP contribution < -0.4 is 14.4 Å². The Morgan fingerprint density at radius 2 is 1.81 bits per heavy atom. The van der Waals surface area contributed by atoms with Crippen LogP contribution in [0.5, 0.6) is 5.75 Å². The van der Waals surface area contributed by atoms with Gasteiger partial charge in [-0.25, -0.2) is 8.42 Å². The highest BCUT2D eigenvalue weighted by Crippen LogP contribution is 2.32. The molecule has 10 heteroatoms. The number of sulfonamides is 1. The average molecular weight is 413 g/mol. The van der Waals surface area contributed by atoms with Crippen molar-refractivity contribution in [1.82, 2.24) is 0 Å². The minimum atomic E-state index is -4.19. The fourth-order valence-corrected chi connectivity index (χ4v) is 3.95. The summed E-state index contributed by atoms with van der Waals surface area (Å²) >= 11 is 6.04. The number of anilines is 2. The predicted molar refractivity (Wildman–Crippen MR) is 101 cm³/mol. The number of hydrogen-bond donors (Lipinski definition) is 2. The first-order valence-electron chi connectivity index (χ1n) is 7.61. The molecule has 0 aliphatic heterocycles. The minimum absolute atomic E-state index is 0.0779. The van der Waals surface area contributed by atoms with E-state index in [4.69, 9.17) is 21.4 Å². The van der Waals surface area contributed by atoms with E-state index in [9.17, 15) is 18.0 Å². The lowest BCUT2D eigenvalue weighted by molar-refractivity contribution is -0.135. The van der Waals surface area contributed by atoms with E-state index in [1.165, 1.54) is 56.5 Å². The fraction of sp³-hybridized carbons (Fsp3) is 0.176. The number of amides is 1. The quantitative estimate of drug-likeness (QED) is 0.722. The highest BCUT2D eigenvalue weighted by Gasteiger charge is 2.27. The number of ether oxygens (including phenoxy) is 1. The third kappa shape index (κ3) is 4.89. The molecule has 0 saturated carbocycles. The average Bonchev–Trinajstić information content (AvgIpc) is 2.59. The van der Waals surface area contributed by atoms with E-state index < -0.39 is 22.5 Å². The second-order valence-corrected chi connectivity index (χ2v) is 7.70. The van der Waals surface area contributed by atoms with Crippen LogP contribution in [0.2, 0.25) is 5.02 Å². The van der Waals surface area contributed by atoms with Gasteiger partial charge in [0, 0.05) is 12.6 Å². The molecule has 2 N–H and O–H groups in total. The number of carbonyl (C=O) groups is 2. The second kappa shape index (κ2) is 8.28. The minimum Gasteiger partial charge on any atom is -0.495 e. The number of rotatable bonds is 7. The van der Waals surface area contributed by atoms with Crippen molar-refractivity contribution in [3.8, 4) is 5.75 Å². The normalized spacial score (nSPS) is 10.9. The topological polar surface area (TPSA) is 113 Å². The Bertz CT molecular complexity index is 960. The maximum Gasteiger partial charge on any atom is 0.324 e. The molecule has 0 saturated heterocycles. The van der Waals surface area contributed by atoms with Crippen LogP contribution in [-0.2, 0) is 19.6 Å². The van der Waals surface area contributed by atoms with Gasteiger partial charge >= 0.3 is 5.97 Å². The highest BCUT2D eigenvalue weighted by atomic mass is 35.5. The molecule has 0 spiro atoms.